The molecule has 0 aliphatic rings. The average molecular weight is 245 g/mol. The van der Waals surface area contributed by atoms with Gasteiger partial charge in [-0.25, -0.2) is 0 Å². The van der Waals surface area contributed by atoms with Crippen LogP contribution in [0, 0.1) is 6.92 Å². The topological polar surface area (TPSA) is 46.5 Å². The van der Waals surface area contributed by atoms with Crippen molar-refractivity contribution in [2.24, 2.45) is 0 Å². The minimum atomic E-state index is -0.130. The van der Waals surface area contributed by atoms with E-state index in [0.717, 1.165) is 5.56 Å². The van der Waals surface area contributed by atoms with Crippen LogP contribution in [0.25, 0.3) is 0 Å². The van der Waals surface area contributed by atoms with Gasteiger partial charge < -0.3 is 9.84 Å². The number of hydrogen-bond donors (Lipinski definition) is 1. The molecule has 1 N–H and O–H groups in total. The monoisotopic (exact) mass is 244 g/mol. The fraction of sp³-hybridized carbons (Fsp3) is 0.222. The van der Waals surface area contributed by atoms with Gasteiger partial charge in [0.1, 0.15) is 0 Å². The van der Waals surface area contributed by atoms with E-state index in [-0.39, 0.29) is 11.3 Å². The highest BCUT2D eigenvalue weighted by Gasteiger charge is 2.13. The first kappa shape index (κ1) is 10.1. The SMILES string of the molecule is COc1cc(C)c(Br)c(C=O)c1O. The number of phenols is 1. The maximum absolute atomic E-state index is 10.6. The second-order valence-corrected chi connectivity index (χ2v) is 3.38. The lowest BCUT2D eigenvalue weighted by atomic mass is 10.1. The van der Waals surface area contributed by atoms with Gasteiger partial charge in [-0.15, -0.1) is 0 Å². The molecule has 0 saturated carbocycles. The Bertz CT molecular complexity index is 347. The van der Waals surface area contributed by atoms with Crippen molar-refractivity contribution in [3.05, 3.63) is 21.7 Å². The Labute approximate surface area is 84.5 Å². The molecule has 0 aliphatic carbocycles. The number of rotatable bonds is 2. The molecule has 70 valence electrons. The number of carbonyl (C=O) groups excluding carboxylic acids is 1. The summed E-state index contributed by atoms with van der Waals surface area (Å²) in [6.45, 7) is 1.82. The van der Waals surface area contributed by atoms with Crippen LogP contribution < -0.4 is 4.74 Å². The van der Waals surface area contributed by atoms with Crippen LogP contribution in [-0.2, 0) is 0 Å². The van der Waals surface area contributed by atoms with Crippen LogP contribution in [0.5, 0.6) is 11.5 Å². The normalized spacial score (nSPS) is 9.77. The fourth-order valence-electron chi connectivity index (χ4n) is 1.04. The van der Waals surface area contributed by atoms with Crippen LogP contribution in [0.2, 0.25) is 0 Å². The van der Waals surface area contributed by atoms with Crippen molar-refractivity contribution in [3.63, 3.8) is 0 Å². The number of aldehydes is 1. The number of benzene rings is 1. The molecule has 0 aliphatic heterocycles. The highest BCUT2D eigenvalue weighted by atomic mass is 79.9. The quantitative estimate of drug-likeness (QED) is 0.813. The second-order valence-electron chi connectivity index (χ2n) is 2.59. The van der Waals surface area contributed by atoms with Crippen molar-refractivity contribution in [2.75, 3.05) is 7.11 Å². The van der Waals surface area contributed by atoms with Gasteiger partial charge in [0.25, 0.3) is 0 Å². The zero-order chi connectivity index (χ0) is 10.0. The summed E-state index contributed by atoms with van der Waals surface area (Å²) in [5.74, 6) is 0.178. The predicted octanol–water partition coefficient (Wildman–Crippen LogP) is 2.28. The Kier molecular flexibility index (Phi) is 2.93. The molecule has 1 aromatic carbocycles. The summed E-state index contributed by atoms with van der Waals surface area (Å²) in [7, 11) is 1.44. The van der Waals surface area contributed by atoms with E-state index in [1.807, 2.05) is 6.92 Å². The lowest BCUT2D eigenvalue weighted by Gasteiger charge is -2.09. The molecule has 0 bridgehead atoms. The third-order valence-corrected chi connectivity index (χ3v) is 2.81. The number of ether oxygens (including phenoxy) is 1. The maximum Gasteiger partial charge on any atom is 0.169 e. The number of aromatic hydroxyl groups is 1. The van der Waals surface area contributed by atoms with Gasteiger partial charge in [-0.3, -0.25) is 4.79 Å². The lowest BCUT2D eigenvalue weighted by molar-refractivity contribution is 0.111. The van der Waals surface area contributed by atoms with E-state index in [0.29, 0.717) is 16.5 Å². The second kappa shape index (κ2) is 3.79. The first-order chi connectivity index (χ1) is 6.11. The molecule has 0 saturated heterocycles. The number of methoxy groups -OCH3 is 1. The molecular formula is C9H9BrO3. The molecule has 0 aromatic heterocycles. The molecule has 3 nitrogen and oxygen atoms in total. The lowest BCUT2D eigenvalue weighted by Crippen LogP contribution is -1.92. The fourth-order valence-corrected chi connectivity index (χ4v) is 1.44. The minimum absolute atomic E-state index is 0.130. The first-order valence-electron chi connectivity index (χ1n) is 3.63. The first-order valence-corrected chi connectivity index (χ1v) is 4.42. The zero-order valence-electron chi connectivity index (χ0n) is 7.30. The van der Waals surface area contributed by atoms with Gasteiger partial charge in [-0.05, 0) is 34.5 Å². The van der Waals surface area contributed by atoms with Gasteiger partial charge in [0.05, 0.1) is 12.7 Å². The third kappa shape index (κ3) is 1.67. The molecule has 0 fully saturated rings. The molecule has 0 atom stereocenters. The van der Waals surface area contributed by atoms with E-state index >= 15 is 0 Å². The zero-order valence-corrected chi connectivity index (χ0v) is 8.88. The predicted molar refractivity (Wildman–Crippen MR) is 52.5 cm³/mol. The largest absolute Gasteiger partial charge is 0.504 e. The average Bonchev–Trinajstić information content (AvgIpc) is 2.12. The molecule has 0 spiro atoms. The molecule has 0 amide bonds. The van der Waals surface area contributed by atoms with Gasteiger partial charge in [-0.2, -0.15) is 0 Å². The van der Waals surface area contributed by atoms with E-state index in [9.17, 15) is 9.90 Å². The van der Waals surface area contributed by atoms with Crippen LogP contribution in [0.1, 0.15) is 15.9 Å². The van der Waals surface area contributed by atoms with Gasteiger partial charge in [0.15, 0.2) is 17.8 Å². The molecule has 13 heavy (non-hydrogen) atoms. The summed E-state index contributed by atoms with van der Waals surface area (Å²) in [4.78, 5) is 10.6. The Hall–Kier alpha value is -1.03. The smallest absolute Gasteiger partial charge is 0.169 e. The summed E-state index contributed by atoms with van der Waals surface area (Å²) in [6, 6.07) is 1.66. The molecular weight excluding hydrogens is 236 g/mol. The van der Waals surface area contributed by atoms with Gasteiger partial charge in [-0.1, -0.05) is 0 Å². The molecule has 0 heterocycles. The summed E-state index contributed by atoms with van der Waals surface area (Å²) < 4.78 is 5.49. The molecule has 4 heteroatoms. The number of hydrogen-bond acceptors (Lipinski definition) is 3. The number of carbonyl (C=O) groups is 1. The van der Waals surface area contributed by atoms with Crippen LogP contribution in [0.4, 0.5) is 0 Å². The Morgan fingerprint density at radius 2 is 2.23 bits per heavy atom. The van der Waals surface area contributed by atoms with Crippen molar-refractivity contribution in [1.82, 2.24) is 0 Å². The van der Waals surface area contributed by atoms with Gasteiger partial charge >= 0.3 is 0 Å². The highest BCUT2D eigenvalue weighted by Crippen LogP contribution is 2.36. The van der Waals surface area contributed by atoms with E-state index < -0.39 is 0 Å². The van der Waals surface area contributed by atoms with Gasteiger partial charge in [0.2, 0.25) is 0 Å². The number of aryl methyl sites for hydroxylation is 1. The summed E-state index contributed by atoms with van der Waals surface area (Å²) in [5, 5.41) is 9.51. The van der Waals surface area contributed by atoms with Crippen molar-refractivity contribution >= 4 is 22.2 Å². The van der Waals surface area contributed by atoms with E-state index in [1.54, 1.807) is 6.07 Å². The molecule has 0 unspecified atom stereocenters. The van der Waals surface area contributed by atoms with Crippen LogP contribution >= 0.6 is 15.9 Å². The van der Waals surface area contributed by atoms with Crippen LogP contribution in [-0.4, -0.2) is 18.5 Å². The third-order valence-electron chi connectivity index (χ3n) is 1.76. The molecule has 1 aromatic rings. The maximum atomic E-state index is 10.6. The van der Waals surface area contributed by atoms with Crippen LogP contribution in [0.3, 0.4) is 0 Å². The van der Waals surface area contributed by atoms with Crippen molar-refractivity contribution in [2.45, 2.75) is 6.92 Å². The summed E-state index contributed by atoms with van der Waals surface area (Å²) in [5.41, 5.74) is 1.06. The van der Waals surface area contributed by atoms with Crippen molar-refractivity contribution < 1.29 is 14.6 Å². The van der Waals surface area contributed by atoms with Gasteiger partial charge in [0, 0.05) is 4.47 Å². The number of halogens is 1. The van der Waals surface area contributed by atoms with Crippen molar-refractivity contribution in [1.29, 1.82) is 0 Å². The summed E-state index contributed by atoms with van der Waals surface area (Å²) >= 11 is 3.21. The number of phenolic OH excluding ortho intramolecular Hbond substituents is 1. The standard InChI is InChI=1S/C9H9BrO3/c1-5-3-7(13-2)9(12)6(4-11)8(5)10/h3-4,12H,1-2H3. The molecule has 1 rings (SSSR count). The van der Waals surface area contributed by atoms with Crippen LogP contribution in [0.15, 0.2) is 10.5 Å². The van der Waals surface area contributed by atoms with E-state index in [1.165, 1.54) is 7.11 Å². The van der Waals surface area contributed by atoms with E-state index in [4.69, 9.17) is 4.74 Å². The molecule has 0 radical (unpaired) electrons. The van der Waals surface area contributed by atoms with E-state index in [2.05, 4.69) is 15.9 Å². The highest BCUT2D eigenvalue weighted by molar-refractivity contribution is 9.10. The van der Waals surface area contributed by atoms with Crippen molar-refractivity contribution in [3.8, 4) is 11.5 Å². The minimum Gasteiger partial charge on any atom is -0.504 e. The Morgan fingerprint density at radius 3 is 2.69 bits per heavy atom. The Balaban J connectivity index is 3.47. The Morgan fingerprint density at radius 1 is 1.62 bits per heavy atom. The summed E-state index contributed by atoms with van der Waals surface area (Å²) in [6.07, 6.45) is 0.592.